The predicted molar refractivity (Wildman–Crippen MR) is 113 cm³/mol. The fourth-order valence-corrected chi connectivity index (χ4v) is 4.29. The van der Waals surface area contributed by atoms with Crippen molar-refractivity contribution in [2.24, 2.45) is 0 Å². The number of piperazine rings is 1. The summed E-state index contributed by atoms with van der Waals surface area (Å²) in [5.41, 5.74) is 4.08. The second-order valence-corrected chi connectivity index (χ2v) is 8.31. The molecule has 2 saturated heterocycles. The number of aryl methyl sites for hydroxylation is 1. The Kier molecular flexibility index (Phi) is 5.81. The van der Waals surface area contributed by atoms with Crippen LogP contribution in [0.4, 0.5) is 10.1 Å². The van der Waals surface area contributed by atoms with E-state index < -0.39 is 0 Å². The van der Waals surface area contributed by atoms with Crippen molar-refractivity contribution in [1.82, 2.24) is 14.8 Å². The molecule has 2 aromatic rings. The van der Waals surface area contributed by atoms with Crippen molar-refractivity contribution < 1.29 is 9.18 Å². The quantitative estimate of drug-likeness (QED) is 0.797. The third-order valence-corrected chi connectivity index (χ3v) is 6.03. The molecule has 0 bridgehead atoms. The summed E-state index contributed by atoms with van der Waals surface area (Å²) in [6.07, 6.45) is 1.17. The SMILES string of the molecule is Cc1cc(N2CCN(C)CC2)cc([C@@H]2CCN(C(=O)Cc3cccc(F)c3)C2)n1. The summed E-state index contributed by atoms with van der Waals surface area (Å²) in [7, 11) is 2.16. The van der Waals surface area contributed by atoms with E-state index in [9.17, 15) is 9.18 Å². The molecule has 1 amide bonds. The molecule has 2 aliphatic rings. The highest BCUT2D eigenvalue weighted by Crippen LogP contribution is 2.30. The average Bonchev–Trinajstić information content (AvgIpc) is 3.18. The molecule has 1 atom stereocenters. The van der Waals surface area contributed by atoms with Crippen LogP contribution in [0.2, 0.25) is 0 Å². The van der Waals surface area contributed by atoms with Crippen LogP contribution < -0.4 is 4.90 Å². The highest BCUT2D eigenvalue weighted by atomic mass is 19.1. The van der Waals surface area contributed by atoms with E-state index in [0.29, 0.717) is 6.54 Å². The number of amides is 1. The minimum Gasteiger partial charge on any atom is -0.369 e. The first-order chi connectivity index (χ1) is 14.0. The number of nitrogens with zero attached hydrogens (tertiary/aromatic N) is 4. The molecule has 4 rings (SSSR count). The van der Waals surface area contributed by atoms with Gasteiger partial charge in [-0.3, -0.25) is 9.78 Å². The number of likely N-dealkylation sites (tertiary alicyclic amines) is 1. The van der Waals surface area contributed by atoms with Crippen LogP contribution in [0, 0.1) is 12.7 Å². The molecule has 3 heterocycles. The van der Waals surface area contributed by atoms with Gasteiger partial charge in [-0.2, -0.15) is 0 Å². The van der Waals surface area contributed by atoms with E-state index in [1.54, 1.807) is 12.1 Å². The first-order valence-electron chi connectivity index (χ1n) is 10.4. The van der Waals surface area contributed by atoms with Crippen molar-refractivity contribution in [2.45, 2.75) is 25.7 Å². The first kappa shape index (κ1) is 19.8. The summed E-state index contributed by atoms with van der Waals surface area (Å²) in [5, 5.41) is 0. The zero-order valence-electron chi connectivity index (χ0n) is 17.3. The number of carbonyl (C=O) groups is 1. The number of likely N-dealkylation sites (N-methyl/N-ethyl adjacent to an activating group) is 1. The smallest absolute Gasteiger partial charge is 0.227 e. The summed E-state index contributed by atoms with van der Waals surface area (Å²) in [6.45, 7) is 7.67. The molecule has 29 heavy (non-hydrogen) atoms. The zero-order chi connectivity index (χ0) is 20.4. The van der Waals surface area contributed by atoms with Crippen molar-refractivity contribution in [1.29, 1.82) is 0 Å². The summed E-state index contributed by atoms with van der Waals surface area (Å²) < 4.78 is 13.4. The van der Waals surface area contributed by atoms with Crippen LogP contribution in [0.25, 0.3) is 0 Å². The van der Waals surface area contributed by atoms with Gasteiger partial charge in [0.05, 0.1) is 6.42 Å². The fourth-order valence-electron chi connectivity index (χ4n) is 4.29. The number of hydrogen-bond donors (Lipinski definition) is 0. The minimum atomic E-state index is -0.296. The van der Waals surface area contributed by atoms with Gasteiger partial charge in [0.1, 0.15) is 5.82 Å². The molecule has 2 fully saturated rings. The van der Waals surface area contributed by atoms with Crippen LogP contribution >= 0.6 is 0 Å². The van der Waals surface area contributed by atoms with Crippen molar-refractivity contribution in [3.8, 4) is 0 Å². The van der Waals surface area contributed by atoms with Gasteiger partial charge in [-0.25, -0.2) is 4.39 Å². The third kappa shape index (κ3) is 4.75. The number of anilines is 1. The lowest BCUT2D eigenvalue weighted by atomic mass is 10.0. The van der Waals surface area contributed by atoms with Crippen LogP contribution in [-0.4, -0.2) is 67.0 Å². The molecule has 0 unspecified atom stereocenters. The van der Waals surface area contributed by atoms with Crippen LogP contribution in [-0.2, 0) is 11.2 Å². The van der Waals surface area contributed by atoms with Crippen molar-refractivity contribution in [2.75, 3.05) is 51.2 Å². The van der Waals surface area contributed by atoms with Gasteiger partial charge in [0.15, 0.2) is 0 Å². The molecular formula is C23H29FN4O. The molecular weight excluding hydrogens is 367 g/mol. The predicted octanol–water partition coefficient (Wildman–Crippen LogP) is 2.84. The van der Waals surface area contributed by atoms with Crippen molar-refractivity contribution >= 4 is 11.6 Å². The van der Waals surface area contributed by atoms with Crippen LogP contribution in [0.5, 0.6) is 0 Å². The van der Waals surface area contributed by atoms with E-state index in [0.717, 1.165) is 56.1 Å². The van der Waals surface area contributed by atoms with Crippen molar-refractivity contribution in [3.63, 3.8) is 0 Å². The Labute approximate surface area is 172 Å². The second-order valence-electron chi connectivity index (χ2n) is 8.31. The molecule has 0 spiro atoms. The molecule has 1 aromatic heterocycles. The number of halogens is 1. The van der Waals surface area contributed by atoms with E-state index in [-0.39, 0.29) is 24.1 Å². The number of rotatable bonds is 4. The van der Waals surface area contributed by atoms with Gasteiger partial charge < -0.3 is 14.7 Å². The molecule has 1 aromatic carbocycles. The van der Waals surface area contributed by atoms with Gasteiger partial charge >= 0.3 is 0 Å². The molecule has 154 valence electrons. The summed E-state index contributed by atoms with van der Waals surface area (Å²) in [5.74, 6) is 0.0256. The third-order valence-electron chi connectivity index (χ3n) is 6.03. The van der Waals surface area contributed by atoms with Gasteiger partial charge in [-0.05, 0) is 50.2 Å². The van der Waals surface area contributed by atoms with Gasteiger partial charge in [-0.1, -0.05) is 12.1 Å². The van der Waals surface area contributed by atoms with Gasteiger partial charge in [0, 0.05) is 62.3 Å². The minimum absolute atomic E-state index is 0.0602. The van der Waals surface area contributed by atoms with Crippen LogP contribution in [0.1, 0.15) is 29.3 Å². The zero-order valence-corrected chi connectivity index (χ0v) is 17.3. The number of hydrogen-bond acceptors (Lipinski definition) is 4. The summed E-state index contributed by atoms with van der Waals surface area (Å²) in [4.78, 5) is 24.2. The molecule has 5 nitrogen and oxygen atoms in total. The Bertz CT molecular complexity index is 879. The van der Waals surface area contributed by atoms with E-state index in [1.165, 1.54) is 17.8 Å². The molecule has 0 N–H and O–H groups in total. The number of pyridine rings is 1. The van der Waals surface area contributed by atoms with Gasteiger partial charge in [0.25, 0.3) is 0 Å². The van der Waals surface area contributed by atoms with E-state index in [2.05, 4.69) is 29.0 Å². The Morgan fingerprint density at radius 3 is 2.69 bits per heavy atom. The largest absolute Gasteiger partial charge is 0.369 e. The standard InChI is InChI=1S/C23H29FN4O/c1-17-12-21(27-10-8-26(2)9-11-27)15-22(25-17)19-6-7-28(16-19)23(29)14-18-4-3-5-20(24)13-18/h3-5,12-13,15,19H,6-11,14,16H2,1-2H3/t19-/m1/s1. The van der Waals surface area contributed by atoms with Gasteiger partial charge in [-0.15, -0.1) is 0 Å². The number of benzene rings is 1. The van der Waals surface area contributed by atoms with Gasteiger partial charge in [0.2, 0.25) is 5.91 Å². The summed E-state index contributed by atoms with van der Waals surface area (Å²) in [6, 6.07) is 10.7. The fraction of sp³-hybridized carbons (Fsp3) is 0.478. The lowest BCUT2D eigenvalue weighted by molar-refractivity contribution is -0.129. The highest BCUT2D eigenvalue weighted by molar-refractivity contribution is 5.79. The van der Waals surface area contributed by atoms with E-state index in [4.69, 9.17) is 4.98 Å². The lowest BCUT2D eigenvalue weighted by Crippen LogP contribution is -2.44. The maximum atomic E-state index is 13.4. The second kappa shape index (κ2) is 8.49. The van der Waals surface area contributed by atoms with Crippen LogP contribution in [0.15, 0.2) is 36.4 Å². The van der Waals surface area contributed by atoms with E-state index in [1.807, 2.05) is 11.8 Å². The Morgan fingerprint density at radius 1 is 1.14 bits per heavy atom. The van der Waals surface area contributed by atoms with Crippen LogP contribution in [0.3, 0.4) is 0 Å². The maximum Gasteiger partial charge on any atom is 0.227 e. The molecule has 0 saturated carbocycles. The average molecular weight is 397 g/mol. The highest BCUT2D eigenvalue weighted by Gasteiger charge is 2.29. The Morgan fingerprint density at radius 2 is 1.93 bits per heavy atom. The summed E-state index contributed by atoms with van der Waals surface area (Å²) >= 11 is 0. The van der Waals surface area contributed by atoms with Crippen molar-refractivity contribution in [3.05, 3.63) is 59.2 Å². The Balaban J connectivity index is 1.42. The molecule has 2 aliphatic heterocycles. The topological polar surface area (TPSA) is 39.7 Å². The lowest BCUT2D eigenvalue weighted by Gasteiger charge is -2.34. The monoisotopic (exact) mass is 396 g/mol. The molecule has 0 radical (unpaired) electrons. The normalized spacial score (nSPS) is 20.3. The molecule has 6 heteroatoms. The molecule has 0 aliphatic carbocycles. The van der Waals surface area contributed by atoms with E-state index >= 15 is 0 Å². The first-order valence-corrected chi connectivity index (χ1v) is 10.4. The number of carbonyl (C=O) groups excluding carboxylic acids is 1. The number of aromatic nitrogens is 1. The maximum absolute atomic E-state index is 13.4. The Hall–Kier alpha value is -2.47.